The van der Waals surface area contributed by atoms with Crippen LogP contribution in [-0.4, -0.2) is 62.4 Å². The predicted octanol–water partition coefficient (Wildman–Crippen LogP) is 0.757. The maximum atomic E-state index is 10.0. The summed E-state index contributed by atoms with van der Waals surface area (Å²) < 4.78 is 22.8. The molecule has 2 N–H and O–H groups in total. The zero-order chi connectivity index (χ0) is 15.8. The fourth-order valence-corrected chi connectivity index (χ4v) is 4.45. The lowest BCUT2D eigenvalue weighted by molar-refractivity contribution is -0.380. The van der Waals surface area contributed by atoms with Crippen LogP contribution in [0.2, 0.25) is 0 Å². The van der Waals surface area contributed by atoms with Gasteiger partial charge in [0.05, 0.1) is 44.1 Å². The standard InChI is InChI=1S/C15H28O6/c1-12(2,5-16)15(13(3,4)6-17)14(9-20-11-21-15)7-18-10-19-8-14/h16-17H,5-11H2,1-4H3. The molecule has 0 unspecified atom stereocenters. The quantitative estimate of drug-likeness (QED) is 0.798. The van der Waals surface area contributed by atoms with Gasteiger partial charge in [-0.05, 0) is 0 Å². The van der Waals surface area contributed by atoms with Crippen LogP contribution in [0.3, 0.4) is 0 Å². The van der Waals surface area contributed by atoms with E-state index in [1.807, 2.05) is 27.7 Å². The lowest BCUT2D eigenvalue weighted by Gasteiger charge is -2.65. The van der Waals surface area contributed by atoms with E-state index in [0.717, 1.165) is 0 Å². The van der Waals surface area contributed by atoms with Gasteiger partial charge in [0.1, 0.15) is 13.6 Å². The first-order valence-corrected chi connectivity index (χ1v) is 7.38. The first-order valence-electron chi connectivity index (χ1n) is 7.38. The van der Waals surface area contributed by atoms with Gasteiger partial charge in [-0.2, -0.15) is 0 Å². The van der Waals surface area contributed by atoms with Gasteiger partial charge in [-0.25, -0.2) is 0 Å². The van der Waals surface area contributed by atoms with Gasteiger partial charge < -0.3 is 29.2 Å². The molecule has 124 valence electrons. The molecule has 0 aliphatic carbocycles. The molecule has 0 radical (unpaired) electrons. The molecule has 2 heterocycles. The summed E-state index contributed by atoms with van der Waals surface area (Å²) in [6, 6.07) is 0. The van der Waals surface area contributed by atoms with Gasteiger partial charge in [-0.15, -0.1) is 0 Å². The summed E-state index contributed by atoms with van der Waals surface area (Å²) in [7, 11) is 0. The molecule has 6 heteroatoms. The third-order valence-corrected chi connectivity index (χ3v) is 5.10. The molecular formula is C15H28O6. The summed E-state index contributed by atoms with van der Waals surface area (Å²) >= 11 is 0. The second kappa shape index (κ2) is 5.76. The van der Waals surface area contributed by atoms with Crippen LogP contribution in [0.5, 0.6) is 0 Å². The van der Waals surface area contributed by atoms with E-state index in [1.54, 1.807) is 0 Å². The normalized spacial score (nSPS) is 26.0. The Hall–Kier alpha value is -0.240. The van der Waals surface area contributed by atoms with Gasteiger partial charge in [0.2, 0.25) is 0 Å². The fourth-order valence-electron chi connectivity index (χ4n) is 4.45. The Morgan fingerprint density at radius 3 is 1.67 bits per heavy atom. The molecule has 0 bridgehead atoms. The molecule has 1 spiro atoms. The first kappa shape index (κ1) is 17.1. The molecule has 2 saturated heterocycles. The van der Waals surface area contributed by atoms with Crippen molar-refractivity contribution in [2.75, 3.05) is 46.6 Å². The van der Waals surface area contributed by atoms with Gasteiger partial charge in [-0.3, -0.25) is 0 Å². The molecule has 2 rings (SSSR count). The topological polar surface area (TPSA) is 77.4 Å². The van der Waals surface area contributed by atoms with Crippen molar-refractivity contribution < 1.29 is 29.2 Å². The lowest BCUT2D eigenvalue weighted by atomic mass is 9.50. The Morgan fingerprint density at radius 1 is 0.810 bits per heavy atom. The molecule has 0 saturated carbocycles. The number of aliphatic hydroxyl groups is 2. The van der Waals surface area contributed by atoms with Gasteiger partial charge in [0, 0.05) is 10.8 Å². The maximum absolute atomic E-state index is 10.0. The smallest absolute Gasteiger partial charge is 0.147 e. The summed E-state index contributed by atoms with van der Waals surface area (Å²) in [4.78, 5) is 0. The number of hydrogen-bond donors (Lipinski definition) is 2. The molecule has 2 fully saturated rings. The Morgan fingerprint density at radius 2 is 1.24 bits per heavy atom. The van der Waals surface area contributed by atoms with Crippen LogP contribution >= 0.6 is 0 Å². The average molecular weight is 304 g/mol. The summed E-state index contributed by atoms with van der Waals surface area (Å²) in [6.45, 7) is 9.29. The molecule has 0 aromatic carbocycles. The van der Waals surface area contributed by atoms with Crippen molar-refractivity contribution in [3.63, 3.8) is 0 Å². The van der Waals surface area contributed by atoms with E-state index in [4.69, 9.17) is 18.9 Å². The summed E-state index contributed by atoms with van der Waals surface area (Å²) in [6.07, 6.45) is 0. The van der Waals surface area contributed by atoms with E-state index >= 15 is 0 Å². The number of ether oxygens (including phenoxy) is 4. The summed E-state index contributed by atoms with van der Waals surface area (Å²) in [5.41, 5.74) is -2.61. The highest BCUT2D eigenvalue weighted by Crippen LogP contribution is 2.59. The highest BCUT2D eigenvalue weighted by atomic mass is 16.7. The Balaban J connectivity index is 2.60. The number of aliphatic hydroxyl groups excluding tert-OH is 2. The molecule has 6 nitrogen and oxygen atoms in total. The number of hydrogen-bond acceptors (Lipinski definition) is 6. The average Bonchev–Trinajstić information content (AvgIpc) is 2.48. The minimum atomic E-state index is -0.838. The molecule has 0 atom stereocenters. The van der Waals surface area contributed by atoms with Crippen LogP contribution in [0.4, 0.5) is 0 Å². The minimum Gasteiger partial charge on any atom is -0.396 e. The fraction of sp³-hybridized carbons (Fsp3) is 1.00. The van der Waals surface area contributed by atoms with Crippen molar-refractivity contribution in [2.24, 2.45) is 16.2 Å². The molecular weight excluding hydrogens is 276 g/mol. The molecule has 0 amide bonds. The number of rotatable bonds is 4. The van der Waals surface area contributed by atoms with Gasteiger partial charge in [0.25, 0.3) is 0 Å². The van der Waals surface area contributed by atoms with E-state index in [2.05, 4.69) is 0 Å². The maximum Gasteiger partial charge on any atom is 0.147 e. The SMILES string of the molecule is CC(C)(CO)C1(C(C)(C)CO)OCOCC12COCOC2. The van der Waals surface area contributed by atoms with E-state index < -0.39 is 21.8 Å². The Labute approximate surface area is 126 Å². The monoisotopic (exact) mass is 304 g/mol. The van der Waals surface area contributed by atoms with Crippen molar-refractivity contribution in [2.45, 2.75) is 33.3 Å². The molecule has 0 aromatic rings. The third kappa shape index (κ3) is 2.33. The van der Waals surface area contributed by atoms with Crippen molar-refractivity contribution in [3.8, 4) is 0 Å². The zero-order valence-corrected chi connectivity index (χ0v) is 13.5. The van der Waals surface area contributed by atoms with Crippen molar-refractivity contribution in [3.05, 3.63) is 0 Å². The second-order valence-electron chi connectivity index (χ2n) is 7.47. The molecule has 21 heavy (non-hydrogen) atoms. The minimum absolute atomic E-state index is 0.0713. The summed E-state index contributed by atoms with van der Waals surface area (Å²) in [5.74, 6) is 0. The Kier molecular flexibility index (Phi) is 4.69. The predicted molar refractivity (Wildman–Crippen MR) is 75.6 cm³/mol. The highest BCUT2D eigenvalue weighted by molar-refractivity contribution is 5.16. The van der Waals surface area contributed by atoms with Crippen LogP contribution < -0.4 is 0 Å². The van der Waals surface area contributed by atoms with E-state index in [9.17, 15) is 10.2 Å². The van der Waals surface area contributed by atoms with E-state index in [1.165, 1.54) is 0 Å². The molecule has 0 aromatic heterocycles. The van der Waals surface area contributed by atoms with Crippen LogP contribution in [0.15, 0.2) is 0 Å². The van der Waals surface area contributed by atoms with Gasteiger partial charge in [0.15, 0.2) is 0 Å². The third-order valence-electron chi connectivity index (χ3n) is 5.10. The largest absolute Gasteiger partial charge is 0.396 e. The van der Waals surface area contributed by atoms with Crippen LogP contribution in [-0.2, 0) is 18.9 Å². The van der Waals surface area contributed by atoms with E-state index in [0.29, 0.717) is 19.8 Å². The van der Waals surface area contributed by atoms with Gasteiger partial charge >= 0.3 is 0 Å². The van der Waals surface area contributed by atoms with Crippen molar-refractivity contribution >= 4 is 0 Å². The zero-order valence-electron chi connectivity index (χ0n) is 13.5. The first-order chi connectivity index (χ1) is 9.79. The molecule has 2 aliphatic rings. The highest BCUT2D eigenvalue weighted by Gasteiger charge is 2.69. The Bertz CT molecular complexity index is 335. The van der Waals surface area contributed by atoms with Gasteiger partial charge in [-0.1, -0.05) is 27.7 Å². The van der Waals surface area contributed by atoms with Crippen molar-refractivity contribution in [1.82, 2.24) is 0 Å². The lowest BCUT2D eigenvalue weighted by Crippen LogP contribution is -2.75. The molecule has 2 aliphatic heterocycles. The van der Waals surface area contributed by atoms with Crippen LogP contribution in [0.1, 0.15) is 27.7 Å². The van der Waals surface area contributed by atoms with Crippen molar-refractivity contribution in [1.29, 1.82) is 0 Å². The summed E-state index contributed by atoms with van der Waals surface area (Å²) in [5, 5.41) is 20.0. The second-order valence-corrected chi connectivity index (χ2v) is 7.47. The van der Waals surface area contributed by atoms with Crippen LogP contribution in [0, 0.1) is 16.2 Å². The van der Waals surface area contributed by atoms with E-state index in [-0.39, 0.29) is 26.8 Å². The van der Waals surface area contributed by atoms with Crippen LogP contribution in [0.25, 0.3) is 0 Å².